The highest BCUT2D eigenvalue weighted by atomic mass is 32.1. The second-order valence-corrected chi connectivity index (χ2v) is 4.38. The van der Waals surface area contributed by atoms with Gasteiger partial charge < -0.3 is 5.32 Å². The molecule has 1 aliphatic rings. The molecule has 0 spiro atoms. The fourth-order valence-corrected chi connectivity index (χ4v) is 2.28. The molecule has 1 saturated carbocycles. The number of anilines is 1. The molecule has 0 saturated heterocycles. The van der Waals surface area contributed by atoms with Gasteiger partial charge in [0, 0.05) is 17.6 Å². The Hall–Kier alpha value is -0.640. The van der Waals surface area contributed by atoms with Crippen molar-refractivity contribution in [3.63, 3.8) is 0 Å². The van der Waals surface area contributed by atoms with E-state index < -0.39 is 0 Å². The van der Waals surface area contributed by atoms with Crippen LogP contribution < -0.4 is 5.32 Å². The van der Waals surface area contributed by atoms with Crippen molar-refractivity contribution in [1.29, 1.82) is 0 Å². The number of nitrogens with zero attached hydrogens (tertiary/aromatic N) is 2. The van der Waals surface area contributed by atoms with E-state index in [1.807, 2.05) is 0 Å². The van der Waals surface area contributed by atoms with Crippen molar-refractivity contribution < 1.29 is 0 Å². The third-order valence-corrected chi connectivity index (χ3v) is 3.42. The van der Waals surface area contributed by atoms with Gasteiger partial charge in [0.05, 0.1) is 0 Å². The minimum atomic E-state index is 0.613. The van der Waals surface area contributed by atoms with Gasteiger partial charge in [0.1, 0.15) is 6.33 Å². The summed E-state index contributed by atoms with van der Waals surface area (Å²) in [5, 5.41) is 4.43. The molecule has 2 rings (SSSR count). The molecule has 1 fully saturated rings. The van der Waals surface area contributed by atoms with E-state index in [1.165, 1.54) is 37.2 Å². The van der Waals surface area contributed by atoms with Gasteiger partial charge in [-0.15, -0.1) is 0 Å². The lowest BCUT2D eigenvalue weighted by molar-refractivity contribution is 0.270. The van der Waals surface area contributed by atoms with Crippen LogP contribution in [-0.2, 0) is 0 Å². The summed E-state index contributed by atoms with van der Waals surface area (Å²) in [6.07, 6.45) is 6.96. The highest BCUT2D eigenvalue weighted by Gasteiger charge is 2.26. The third-order valence-electron chi connectivity index (χ3n) is 2.83. The van der Waals surface area contributed by atoms with Gasteiger partial charge in [-0.3, -0.25) is 0 Å². The number of rotatable bonds is 4. The zero-order chi connectivity index (χ0) is 9.10. The Kier molecular flexibility index (Phi) is 2.78. The lowest BCUT2D eigenvalue weighted by Crippen LogP contribution is -2.32. The number of hydrogen-bond acceptors (Lipinski definition) is 4. The number of hydrogen-bond donors (Lipinski definition) is 1. The molecule has 3 nitrogen and oxygen atoms in total. The summed E-state index contributed by atoms with van der Waals surface area (Å²) < 4.78 is 3.98. The second kappa shape index (κ2) is 4.05. The van der Waals surface area contributed by atoms with Gasteiger partial charge in [0.15, 0.2) is 0 Å². The van der Waals surface area contributed by atoms with Crippen LogP contribution in [0.2, 0.25) is 0 Å². The first-order valence-corrected chi connectivity index (χ1v) is 5.70. The van der Waals surface area contributed by atoms with E-state index in [4.69, 9.17) is 0 Å². The lowest BCUT2D eigenvalue weighted by Gasteiger charge is -2.33. The van der Waals surface area contributed by atoms with E-state index >= 15 is 0 Å². The first-order valence-electron chi connectivity index (χ1n) is 4.93. The van der Waals surface area contributed by atoms with Crippen LogP contribution in [0, 0.1) is 5.92 Å². The Morgan fingerprint density at radius 2 is 2.54 bits per heavy atom. The van der Waals surface area contributed by atoms with Crippen LogP contribution in [0.25, 0.3) is 0 Å². The lowest BCUT2D eigenvalue weighted by atomic mass is 9.79. The molecule has 13 heavy (non-hydrogen) atoms. The Morgan fingerprint density at radius 1 is 1.69 bits per heavy atom. The molecule has 0 aromatic carbocycles. The molecule has 0 radical (unpaired) electrons. The van der Waals surface area contributed by atoms with Crippen molar-refractivity contribution in [2.45, 2.75) is 38.6 Å². The van der Waals surface area contributed by atoms with Crippen molar-refractivity contribution >= 4 is 16.7 Å². The molecule has 1 heterocycles. The molecule has 1 aliphatic carbocycles. The van der Waals surface area contributed by atoms with Crippen LogP contribution in [0.1, 0.15) is 32.6 Å². The summed E-state index contributed by atoms with van der Waals surface area (Å²) in [6.45, 7) is 2.23. The largest absolute Gasteiger partial charge is 0.357 e. The van der Waals surface area contributed by atoms with E-state index in [1.54, 1.807) is 6.33 Å². The first kappa shape index (κ1) is 8.94. The van der Waals surface area contributed by atoms with Gasteiger partial charge in [-0.05, 0) is 25.2 Å². The van der Waals surface area contributed by atoms with Crippen molar-refractivity contribution in [2.24, 2.45) is 5.92 Å². The fourth-order valence-electron chi connectivity index (χ4n) is 1.79. The molecule has 72 valence electrons. The maximum absolute atomic E-state index is 4.14. The SMILES string of the molecule is CCC(Nc1ncns1)C1CCC1. The third kappa shape index (κ3) is 1.99. The van der Waals surface area contributed by atoms with E-state index in [0.29, 0.717) is 6.04 Å². The molecule has 1 atom stereocenters. The van der Waals surface area contributed by atoms with Gasteiger partial charge in [-0.25, -0.2) is 4.98 Å². The topological polar surface area (TPSA) is 37.8 Å². The quantitative estimate of drug-likeness (QED) is 0.806. The molecule has 1 N–H and O–H groups in total. The van der Waals surface area contributed by atoms with E-state index in [0.717, 1.165) is 11.0 Å². The predicted molar refractivity (Wildman–Crippen MR) is 55.0 cm³/mol. The molecular weight excluding hydrogens is 182 g/mol. The van der Waals surface area contributed by atoms with Crippen LogP contribution in [0.3, 0.4) is 0 Å². The monoisotopic (exact) mass is 197 g/mol. The van der Waals surface area contributed by atoms with Crippen molar-refractivity contribution in [3.05, 3.63) is 6.33 Å². The predicted octanol–water partition coefficient (Wildman–Crippen LogP) is 2.53. The molecule has 0 bridgehead atoms. The second-order valence-electron chi connectivity index (χ2n) is 3.60. The molecule has 1 aromatic heterocycles. The summed E-state index contributed by atoms with van der Waals surface area (Å²) in [4.78, 5) is 4.14. The molecule has 4 heteroatoms. The average molecular weight is 197 g/mol. The Bertz CT molecular complexity index is 243. The summed E-state index contributed by atoms with van der Waals surface area (Å²) in [6, 6.07) is 0.613. The first-order chi connectivity index (χ1) is 6.40. The molecule has 0 amide bonds. The van der Waals surface area contributed by atoms with E-state index in [2.05, 4.69) is 21.6 Å². The van der Waals surface area contributed by atoms with Crippen LogP contribution in [0.15, 0.2) is 6.33 Å². The molecule has 1 unspecified atom stereocenters. The van der Waals surface area contributed by atoms with Crippen LogP contribution in [0.5, 0.6) is 0 Å². The van der Waals surface area contributed by atoms with Crippen molar-refractivity contribution in [1.82, 2.24) is 9.36 Å². The van der Waals surface area contributed by atoms with Gasteiger partial charge in [-0.1, -0.05) is 13.3 Å². The highest BCUT2D eigenvalue weighted by molar-refractivity contribution is 7.09. The van der Waals surface area contributed by atoms with E-state index in [9.17, 15) is 0 Å². The summed E-state index contributed by atoms with van der Waals surface area (Å²) in [5.41, 5.74) is 0. The molecule has 1 aromatic rings. The minimum absolute atomic E-state index is 0.613. The van der Waals surface area contributed by atoms with Gasteiger partial charge >= 0.3 is 0 Å². The Balaban J connectivity index is 1.90. The summed E-state index contributed by atoms with van der Waals surface area (Å²) >= 11 is 1.45. The highest BCUT2D eigenvalue weighted by Crippen LogP contribution is 2.32. The molecule has 0 aliphatic heterocycles. The van der Waals surface area contributed by atoms with E-state index in [-0.39, 0.29) is 0 Å². The van der Waals surface area contributed by atoms with Crippen LogP contribution >= 0.6 is 11.5 Å². The summed E-state index contributed by atoms with van der Waals surface area (Å²) in [7, 11) is 0. The Labute approximate surface area is 82.8 Å². The minimum Gasteiger partial charge on any atom is -0.357 e. The Morgan fingerprint density at radius 3 is 3.00 bits per heavy atom. The van der Waals surface area contributed by atoms with Gasteiger partial charge in [-0.2, -0.15) is 4.37 Å². The van der Waals surface area contributed by atoms with Gasteiger partial charge in [0.25, 0.3) is 0 Å². The zero-order valence-electron chi connectivity index (χ0n) is 7.86. The average Bonchev–Trinajstić information content (AvgIpc) is 2.52. The number of nitrogens with one attached hydrogen (secondary N) is 1. The maximum atomic E-state index is 4.14. The molecular formula is C9H15N3S. The van der Waals surface area contributed by atoms with Crippen LogP contribution in [-0.4, -0.2) is 15.4 Å². The standard InChI is InChI=1S/C9H15N3S/c1-2-8(7-4-3-5-7)12-9-10-6-11-13-9/h6-8H,2-5H2,1H3,(H,10,11,12). The normalized spacial score (nSPS) is 19.5. The van der Waals surface area contributed by atoms with Crippen molar-refractivity contribution in [2.75, 3.05) is 5.32 Å². The fraction of sp³-hybridized carbons (Fsp3) is 0.778. The maximum Gasteiger partial charge on any atom is 0.202 e. The van der Waals surface area contributed by atoms with Crippen molar-refractivity contribution in [3.8, 4) is 0 Å². The van der Waals surface area contributed by atoms with Crippen LogP contribution in [0.4, 0.5) is 5.13 Å². The van der Waals surface area contributed by atoms with Gasteiger partial charge in [0.2, 0.25) is 5.13 Å². The zero-order valence-corrected chi connectivity index (χ0v) is 8.68. The number of aromatic nitrogens is 2. The smallest absolute Gasteiger partial charge is 0.202 e. The summed E-state index contributed by atoms with van der Waals surface area (Å²) in [5.74, 6) is 0.869.